The Morgan fingerprint density at radius 3 is 2.72 bits per heavy atom. The lowest BCUT2D eigenvalue weighted by Gasteiger charge is -2.46. The monoisotopic (exact) mass is 398 g/mol. The highest BCUT2D eigenvalue weighted by molar-refractivity contribution is 5.74. The molecule has 3 heteroatoms. The fourth-order valence-electron chi connectivity index (χ4n) is 4.87. The van der Waals surface area contributed by atoms with Gasteiger partial charge in [0.2, 0.25) is 0 Å². The van der Waals surface area contributed by atoms with Crippen LogP contribution < -0.4 is 9.47 Å². The first-order valence-electron chi connectivity index (χ1n) is 11.4. The molecule has 2 unspecified atom stereocenters. The largest absolute Gasteiger partial charge is 0.487 e. The molecule has 1 aliphatic heterocycles. The molecule has 3 rings (SSSR count). The molecular formula is C26H38O3. The van der Waals surface area contributed by atoms with Crippen molar-refractivity contribution in [1.82, 2.24) is 0 Å². The van der Waals surface area contributed by atoms with Crippen LogP contribution in [0, 0.1) is 11.8 Å². The number of benzene rings is 1. The van der Waals surface area contributed by atoms with Gasteiger partial charge in [-0.1, -0.05) is 45.3 Å². The van der Waals surface area contributed by atoms with Gasteiger partial charge in [0.1, 0.15) is 17.1 Å². The third-order valence-corrected chi connectivity index (χ3v) is 6.38. The second kappa shape index (κ2) is 8.93. The zero-order chi connectivity index (χ0) is 21.2. The zero-order valence-corrected chi connectivity index (χ0v) is 19.1. The van der Waals surface area contributed by atoms with Gasteiger partial charge in [0.15, 0.2) is 0 Å². The van der Waals surface area contributed by atoms with Crippen LogP contribution in [0.15, 0.2) is 23.8 Å². The maximum absolute atomic E-state index is 12.6. The molecule has 29 heavy (non-hydrogen) atoms. The first kappa shape index (κ1) is 21.9. The summed E-state index contributed by atoms with van der Waals surface area (Å²) in [6, 6.07) is 4.30. The highest BCUT2D eigenvalue weighted by Crippen LogP contribution is 2.53. The van der Waals surface area contributed by atoms with Crippen LogP contribution in [-0.4, -0.2) is 11.6 Å². The smallest absolute Gasteiger partial charge is 0.311 e. The van der Waals surface area contributed by atoms with Crippen molar-refractivity contribution >= 4 is 5.97 Å². The maximum atomic E-state index is 12.6. The summed E-state index contributed by atoms with van der Waals surface area (Å²) < 4.78 is 12.5. The lowest BCUT2D eigenvalue weighted by Crippen LogP contribution is -2.45. The summed E-state index contributed by atoms with van der Waals surface area (Å²) in [5, 5.41) is 0. The van der Waals surface area contributed by atoms with E-state index in [1.165, 1.54) is 24.0 Å². The van der Waals surface area contributed by atoms with Crippen molar-refractivity contribution in [3.05, 3.63) is 34.9 Å². The van der Waals surface area contributed by atoms with Crippen molar-refractivity contribution in [2.24, 2.45) is 11.8 Å². The van der Waals surface area contributed by atoms with Gasteiger partial charge in [0, 0.05) is 23.8 Å². The van der Waals surface area contributed by atoms with Gasteiger partial charge in [-0.15, -0.1) is 0 Å². The summed E-state index contributed by atoms with van der Waals surface area (Å²) >= 11 is 0. The SMILES string of the molecule is CCCCCc1cc(OC(=O)CC(C)C)c2c(c1)OC(C)(C)C1CCC(C)=CC21. The number of carbonyl (C=O) groups is 1. The van der Waals surface area contributed by atoms with Crippen molar-refractivity contribution in [1.29, 1.82) is 0 Å². The van der Waals surface area contributed by atoms with Gasteiger partial charge in [0.05, 0.1) is 0 Å². The van der Waals surface area contributed by atoms with E-state index >= 15 is 0 Å². The molecule has 0 amide bonds. The molecule has 0 saturated heterocycles. The molecule has 0 aromatic heterocycles. The summed E-state index contributed by atoms with van der Waals surface area (Å²) in [6.45, 7) is 12.9. The number of esters is 1. The van der Waals surface area contributed by atoms with Gasteiger partial charge in [-0.3, -0.25) is 4.79 Å². The van der Waals surface area contributed by atoms with Crippen LogP contribution in [0.2, 0.25) is 0 Å². The van der Waals surface area contributed by atoms with Crippen LogP contribution in [0.25, 0.3) is 0 Å². The predicted octanol–water partition coefficient (Wildman–Crippen LogP) is 6.98. The van der Waals surface area contributed by atoms with E-state index in [0.29, 0.717) is 12.3 Å². The first-order valence-corrected chi connectivity index (χ1v) is 11.4. The number of ether oxygens (including phenoxy) is 2. The van der Waals surface area contributed by atoms with E-state index in [1.54, 1.807) is 0 Å². The van der Waals surface area contributed by atoms with E-state index in [2.05, 4.69) is 45.9 Å². The first-order chi connectivity index (χ1) is 13.7. The fraction of sp³-hybridized carbons (Fsp3) is 0.654. The molecule has 3 nitrogen and oxygen atoms in total. The molecule has 1 aliphatic carbocycles. The molecule has 160 valence electrons. The normalized spacial score (nSPS) is 22.4. The Morgan fingerprint density at radius 2 is 2.03 bits per heavy atom. The average Bonchev–Trinajstić information content (AvgIpc) is 2.60. The van der Waals surface area contributed by atoms with Gasteiger partial charge in [-0.05, 0) is 70.1 Å². The molecule has 2 aliphatic rings. The zero-order valence-electron chi connectivity index (χ0n) is 19.1. The van der Waals surface area contributed by atoms with Gasteiger partial charge in [-0.25, -0.2) is 0 Å². The number of hydrogen-bond donors (Lipinski definition) is 0. The quantitative estimate of drug-likeness (QED) is 0.215. The molecule has 0 spiro atoms. The standard InChI is InChI=1S/C26H38O3/c1-7-8-9-10-19-15-22(28-24(27)13-17(2)3)25-20-14-18(4)11-12-21(20)26(5,6)29-23(25)16-19/h14-17,20-21H,7-13H2,1-6H3. The number of aryl methyl sites for hydroxylation is 1. The Balaban J connectivity index is 2.04. The Kier molecular flexibility index (Phi) is 6.76. The second-order valence-electron chi connectivity index (χ2n) is 9.92. The highest BCUT2D eigenvalue weighted by atomic mass is 16.5. The summed E-state index contributed by atoms with van der Waals surface area (Å²) in [4.78, 5) is 12.6. The Bertz CT molecular complexity index is 772. The van der Waals surface area contributed by atoms with E-state index in [1.807, 2.05) is 13.8 Å². The third-order valence-electron chi connectivity index (χ3n) is 6.38. The van der Waals surface area contributed by atoms with E-state index in [-0.39, 0.29) is 23.4 Å². The van der Waals surface area contributed by atoms with Gasteiger partial charge >= 0.3 is 5.97 Å². The third kappa shape index (κ3) is 5.05. The molecule has 1 aromatic rings. The van der Waals surface area contributed by atoms with Crippen molar-refractivity contribution < 1.29 is 14.3 Å². The van der Waals surface area contributed by atoms with Crippen LogP contribution in [0.1, 0.15) is 97.1 Å². The number of rotatable bonds is 7. The van der Waals surface area contributed by atoms with Crippen molar-refractivity contribution in [3.8, 4) is 11.5 Å². The minimum absolute atomic E-state index is 0.147. The van der Waals surface area contributed by atoms with Gasteiger partial charge in [0.25, 0.3) is 0 Å². The second-order valence-corrected chi connectivity index (χ2v) is 9.92. The van der Waals surface area contributed by atoms with Crippen LogP contribution in [0.5, 0.6) is 11.5 Å². The van der Waals surface area contributed by atoms with Crippen LogP contribution in [-0.2, 0) is 11.2 Å². The van der Waals surface area contributed by atoms with E-state index in [0.717, 1.165) is 42.7 Å². The van der Waals surface area contributed by atoms with E-state index in [4.69, 9.17) is 9.47 Å². The van der Waals surface area contributed by atoms with Crippen molar-refractivity contribution in [3.63, 3.8) is 0 Å². The number of allylic oxidation sites excluding steroid dienone is 2. The Morgan fingerprint density at radius 1 is 1.28 bits per heavy atom. The molecule has 1 heterocycles. The minimum atomic E-state index is -0.226. The average molecular weight is 399 g/mol. The molecule has 0 bridgehead atoms. The molecule has 0 N–H and O–H groups in total. The number of fused-ring (bicyclic) bond motifs is 3. The number of unbranched alkanes of at least 4 members (excludes halogenated alkanes) is 2. The summed E-state index contributed by atoms with van der Waals surface area (Å²) in [7, 11) is 0. The molecule has 0 radical (unpaired) electrons. The lowest BCUT2D eigenvalue weighted by molar-refractivity contribution is -0.135. The summed E-state index contributed by atoms with van der Waals surface area (Å²) in [6.07, 6.45) is 9.57. The molecule has 1 aromatic carbocycles. The predicted molar refractivity (Wildman–Crippen MR) is 119 cm³/mol. The topological polar surface area (TPSA) is 35.5 Å². The van der Waals surface area contributed by atoms with E-state index < -0.39 is 0 Å². The molecule has 2 atom stereocenters. The Labute approximate surface area is 176 Å². The number of hydrogen-bond acceptors (Lipinski definition) is 3. The Hall–Kier alpha value is -1.77. The van der Waals surface area contributed by atoms with Crippen LogP contribution >= 0.6 is 0 Å². The molecule has 0 saturated carbocycles. The highest BCUT2D eigenvalue weighted by Gasteiger charge is 2.45. The molecular weight excluding hydrogens is 360 g/mol. The van der Waals surface area contributed by atoms with Crippen molar-refractivity contribution in [2.75, 3.05) is 0 Å². The number of carbonyl (C=O) groups excluding carboxylic acids is 1. The summed E-state index contributed by atoms with van der Waals surface area (Å²) in [5.41, 5.74) is 3.47. The maximum Gasteiger partial charge on any atom is 0.311 e. The van der Waals surface area contributed by atoms with Gasteiger partial charge < -0.3 is 9.47 Å². The minimum Gasteiger partial charge on any atom is -0.487 e. The lowest BCUT2D eigenvalue weighted by atomic mass is 9.68. The fourth-order valence-corrected chi connectivity index (χ4v) is 4.87. The van der Waals surface area contributed by atoms with Crippen molar-refractivity contribution in [2.45, 2.75) is 98.0 Å². The molecule has 0 fully saturated rings. The summed E-state index contributed by atoms with van der Waals surface area (Å²) in [5.74, 6) is 2.40. The van der Waals surface area contributed by atoms with E-state index in [9.17, 15) is 4.79 Å². The van der Waals surface area contributed by atoms with Crippen LogP contribution in [0.3, 0.4) is 0 Å². The van der Waals surface area contributed by atoms with Gasteiger partial charge in [-0.2, -0.15) is 0 Å². The van der Waals surface area contributed by atoms with Crippen LogP contribution in [0.4, 0.5) is 0 Å².